The van der Waals surface area contributed by atoms with Gasteiger partial charge in [0, 0.05) is 10.5 Å². The van der Waals surface area contributed by atoms with Crippen LogP contribution < -0.4 is 10.1 Å². The molecule has 0 aliphatic carbocycles. The van der Waals surface area contributed by atoms with E-state index in [9.17, 15) is 0 Å². The van der Waals surface area contributed by atoms with Crippen molar-refractivity contribution in [3.8, 4) is 5.75 Å². The second-order valence-electron chi connectivity index (χ2n) is 3.79. The maximum Gasteiger partial charge on any atom is 0.120 e. The number of halogens is 1. The molecular weight excluding hydrogens is 266 g/mol. The van der Waals surface area contributed by atoms with E-state index in [0.717, 1.165) is 23.2 Å². The van der Waals surface area contributed by atoms with Crippen molar-refractivity contribution < 1.29 is 4.74 Å². The number of rotatable bonds is 6. The number of hydrogen-bond acceptors (Lipinski definition) is 2. The summed E-state index contributed by atoms with van der Waals surface area (Å²) < 4.78 is 6.32. The molecule has 0 aliphatic rings. The van der Waals surface area contributed by atoms with Crippen molar-refractivity contribution in [3.05, 3.63) is 28.2 Å². The van der Waals surface area contributed by atoms with Crippen LogP contribution in [0, 0.1) is 0 Å². The number of methoxy groups -OCH3 is 1. The molecule has 1 rings (SSSR count). The Morgan fingerprint density at radius 1 is 1.38 bits per heavy atom. The molecule has 0 radical (unpaired) electrons. The van der Waals surface area contributed by atoms with E-state index in [1.807, 2.05) is 12.1 Å². The van der Waals surface area contributed by atoms with E-state index in [1.54, 1.807) is 7.11 Å². The lowest BCUT2D eigenvalue weighted by Gasteiger charge is -2.19. The Labute approximate surface area is 107 Å². The minimum atomic E-state index is 0.426. The van der Waals surface area contributed by atoms with Crippen LogP contribution in [0.25, 0.3) is 0 Å². The fraction of sp³-hybridized carbons (Fsp3) is 0.538. The predicted octanol–water partition coefficient (Wildman–Crippen LogP) is 3.91. The second kappa shape index (κ2) is 6.92. The molecule has 3 heteroatoms. The van der Waals surface area contributed by atoms with Crippen molar-refractivity contribution in [1.29, 1.82) is 0 Å². The molecule has 1 N–H and O–H groups in total. The first-order chi connectivity index (χ1) is 7.72. The fourth-order valence-electron chi connectivity index (χ4n) is 1.82. The minimum Gasteiger partial charge on any atom is -0.497 e. The SMILES string of the molecule is CCCC(NCC)c1ccc(OC)cc1Br. The zero-order valence-corrected chi connectivity index (χ0v) is 11.8. The first-order valence-corrected chi connectivity index (χ1v) is 6.59. The van der Waals surface area contributed by atoms with E-state index in [-0.39, 0.29) is 0 Å². The number of benzene rings is 1. The third-order valence-corrected chi connectivity index (χ3v) is 3.30. The Balaban J connectivity index is 2.90. The normalized spacial score (nSPS) is 12.5. The van der Waals surface area contributed by atoms with E-state index in [0.29, 0.717) is 6.04 Å². The summed E-state index contributed by atoms with van der Waals surface area (Å²) in [6, 6.07) is 6.59. The van der Waals surface area contributed by atoms with E-state index in [4.69, 9.17) is 4.74 Å². The van der Waals surface area contributed by atoms with E-state index in [2.05, 4.69) is 41.2 Å². The standard InChI is InChI=1S/C13H20BrNO/c1-4-6-13(15-5-2)11-8-7-10(16-3)9-12(11)14/h7-9,13,15H,4-6H2,1-3H3. The van der Waals surface area contributed by atoms with E-state index < -0.39 is 0 Å². The molecule has 0 fully saturated rings. The summed E-state index contributed by atoms with van der Waals surface area (Å²) >= 11 is 3.61. The summed E-state index contributed by atoms with van der Waals surface area (Å²) in [5.74, 6) is 0.891. The number of hydrogen-bond donors (Lipinski definition) is 1. The topological polar surface area (TPSA) is 21.3 Å². The molecule has 1 aromatic carbocycles. The number of nitrogens with one attached hydrogen (secondary N) is 1. The third-order valence-electron chi connectivity index (χ3n) is 2.61. The van der Waals surface area contributed by atoms with E-state index in [1.165, 1.54) is 12.0 Å². The van der Waals surface area contributed by atoms with Gasteiger partial charge in [0.2, 0.25) is 0 Å². The Kier molecular flexibility index (Phi) is 5.85. The lowest BCUT2D eigenvalue weighted by atomic mass is 10.0. The summed E-state index contributed by atoms with van der Waals surface area (Å²) in [4.78, 5) is 0. The van der Waals surface area contributed by atoms with Gasteiger partial charge >= 0.3 is 0 Å². The summed E-state index contributed by atoms with van der Waals surface area (Å²) in [6.45, 7) is 5.34. The lowest BCUT2D eigenvalue weighted by Crippen LogP contribution is -2.21. The average molecular weight is 286 g/mol. The van der Waals surface area contributed by atoms with Crippen molar-refractivity contribution in [2.24, 2.45) is 0 Å². The van der Waals surface area contributed by atoms with Crippen LogP contribution in [-0.2, 0) is 0 Å². The Morgan fingerprint density at radius 2 is 2.12 bits per heavy atom. The van der Waals surface area contributed by atoms with Crippen molar-refractivity contribution >= 4 is 15.9 Å². The van der Waals surface area contributed by atoms with Crippen LogP contribution in [0.1, 0.15) is 38.3 Å². The molecule has 0 saturated heterocycles. The highest BCUT2D eigenvalue weighted by Gasteiger charge is 2.12. The molecular formula is C13H20BrNO. The summed E-state index contributed by atoms with van der Waals surface area (Å²) in [6.07, 6.45) is 2.33. The molecule has 90 valence electrons. The van der Waals surface area contributed by atoms with Crippen LogP contribution in [0.15, 0.2) is 22.7 Å². The van der Waals surface area contributed by atoms with Crippen LogP contribution in [0.2, 0.25) is 0 Å². The van der Waals surface area contributed by atoms with Gasteiger partial charge in [0.1, 0.15) is 5.75 Å². The van der Waals surface area contributed by atoms with Crippen LogP contribution in [0.4, 0.5) is 0 Å². The molecule has 1 atom stereocenters. The maximum atomic E-state index is 5.20. The average Bonchev–Trinajstić information content (AvgIpc) is 2.29. The smallest absolute Gasteiger partial charge is 0.120 e. The summed E-state index contributed by atoms with van der Waals surface area (Å²) in [7, 11) is 1.69. The lowest BCUT2D eigenvalue weighted by molar-refractivity contribution is 0.413. The Bertz CT molecular complexity index is 322. The molecule has 1 unspecified atom stereocenters. The summed E-state index contributed by atoms with van der Waals surface area (Å²) in [5, 5.41) is 3.51. The zero-order chi connectivity index (χ0) is 12.0. The largest absolute Gasteiger partial charge is 0.497 e. The maximum absolute atomic E-state index is 5.20. The van der Waals surface area contributed by atoms with E-state index >= 15 is 0 Å². The van der Waals surface area contributed by atoms with Crippen molar-refractivity contribution in [3.63, 3.8) is 0 Å². The van der Waals surface area contributed by atoms with Gasteiger partial charge in [-0.1, -0.05) is 42.3 Å². The molecule has 1 aromatic rings. The molecule has 0 bridgehead atoms. The molecule has 0 aromatic heterocycles. The Morgan fingerprint density at radius 3 is 2.62 bits per heavy atom. The van der Waals surface area contributed by atoms with Gasteiger partial charge in [-0.3, -0.25) is 0 Å². The van der Waals surface area contributed by atoms with Crippen molar-refractivity contribution in [2.75, 3.05) is 13.7 Å². The highest BCUT2D eigenvalue weighted by Crippen LogP contribution is 2.29. The molecule has 0 aliphatic heterocycles. The highest BCUT2D eigenvalue weighted by molar-refractivity contribution is 9.10. The summed E-state index contributed by atoms with van der Waals surface area (Å²) in [5.41, 5.74) is 1.31. The van der Waals surface area contributed by atoms with Crippen LogP contribution in [-0.4, -0.2) is 13.7 Å². The molecule has 16 heavy (non-hydrogen) atoms. The molecule has 0 saturated carbocycles. The zero-order valence-electron chi connectivity index (χ0n) is 10.2. The predicted molar refractivity (Wildman–Crippen MR) is 72.0 cm³/mol. The molecule has 0 amide bonds. The highest BCUT2D eigenvalue weighted by atomic mass is 79.9. The van der Waals surface area contributed by atoms with Gasteiger partial charge in [0.15, 0.2) is 0 Å². The first kappa shape index (κ1) is 13.5. The van der Waals surface area contributed by atoms with Crippen LogP contribution in [0.5, 0.6) is 5.75 Å². The second-order valence-corrected chi connectivity index (χ2v) is 4.64. The first-order valence-electron chi connectivity index (χ1n) is 5.79. The van der Waals surface area contributed by atoms with Gasteiger partial charge in [-0.2, -0.15) is 0 Å². The quantitative estimate of drug-likeness (QED) is 0.856. The van der Waals surface area contributed by atoms with Crippen LogP contribution in [0.3, 0.4) is 0 Å². The number of ether oxygens (including phenoxy) is 1. The fourth-order valence-corrected chi connectivity index (χ4v) is 2.45. The van der Waals surface area contributed by atoms with Gasteiger partial charge in [0.25, 0.3) is 0 Å². The van der Waals surface area contributed by atoms with Gasteiger partial charge in [0.05, 0.1) is 7.11 Å². The Hall–Kier alpha value is -0.540. The minimum absolute atomic E-state index is 0.426. The van der Waals surface area contributed by atoms with Gasteiger partial charge < -0.3 is 10.1 Å². The molecule has 0 heterocycles. The third kappa shape index (κ3) is 3.49. The molecule has 0 spiro atoms. The van der Waals surface area contributed by atoms with Gasteiger partial charge in [-0.25, -0.2) is 0 Å². The van der Waals surface area contributed by atoms with Crippen molar-refractivity contribution in [1.82, 2.24) is 5.32 Å². The monoisotopic (exact) mass is 285 g/mol. The van der Waals surface area contributed by atoms with Crippen LogP contribution >= 0.6 is 15.9 Å². The molecule has 2 nitrogen and oxygen atoms in total. The van der Waals surface area contributed by atoms with Crippen molar-refractivity contribution in [2.45, 2.75) is 32.7 Å². The van der Waals surface area contributed by atoms with Gasteiger partial charge in [-0.15, -0.1) is 0 Å². The van der Waals surface area contributed by atoms with Gasteiger partial charge in [-0.05, 0) is 30.7 Å².